The molecular weight excluding hydrogens is 162 g/mol. The van der Waals surface area contributed by atoms with Crippen molar-refractivity contribution in [3.8, 4) is 0 Å². The van der Waals surface area contributed by atoms with E-state index >= 15 is 0 Å². The summed E-state index contributed by atoms with van der Waals surface area (Å²) in [7, 11) is 1.62. The highest BCUT2D eigenvalue weighted by atomic mass is 16.4. The number of aliphatic carboxylic acids is 2. The standard InChI is InChI=1S/C7H13NO4/c1-8-5(4-7(11)12)2-3-6(9)10/h5,8H,2-4H2,1H3,(H,9,10)(H,11,12). The van der Waals surface area contributed by atoms with Crippen LogP contribution >= 0.6 is 0 Å². The van der Waals surface area contributed by atoms with Gasteiger partial charge in [0.05, 0.1) is 6.42 Å². The van der Waals surface area contributed by atoms with E-state index in [-0.39, 0.29) is 18.9 Å². The monoisotopic (exact) mass is 175 g/mol. The molecule has 0 aliphatic heterocycles. The summed E-state index contributed by atoms with van der Waals surface area (Å²) >= 11 is 0. The number of rotatable bonds is 6. The van der Waals surface area contributed by atoms with Crippen molar-refractivity contribution in [3.05, 3.63) is 0 Å². The van der Waals surface area contributed by atoms with Gasteiger partial charge in [-0.2, -0.15) is 0 Å². The Morgan fingerprint density at radius 2 is 1.92 bits per heavy atom. The summed E-state index contributed by atoms with van der Waals surface area (Å²) in [5.41, 5.74) is 0. The van der Waals surface area contributed by atoms with Crippen molar-refractivity contribution < 1.29 is 19.8 Å². The van der Waals surface area contributed by atoms with Crippen LogP contribution in [-0.4, -0.2) is 35.2 Å². The molecule has 0 rings (SSSR count). The molecule has 0 aromatic carbocycles. The number of carboxylic acids is 2. The zero-order valence-electron chi connectivity index (χ0n) is 6.91. The molecule has 0 aromatic rings. The molecule has 70 valence electrons. The summed E-state index contributed by atoms with van der Waals surface area (Å²) in [4.78, 5) is 20.4. The summed E-state index contributed by atoms with van der Waals surface area (Å²) in [6, 6.07) is -0.251. The minimum atomic E-state index is -0.917. The van der Waals surface area contributed by atoms with Gasteiger partial charge in [-0.25, -0.2) is 0 Å². The Morgan fingerprint density at radius 1 is 1.33 bits per heavy atom. The maximum atomic E-state index is 10.2. The first kappa shape index (κ1) is 10.9. The Morgan fingerprint density at radius 3 is 2.25 bits per heavy atom. The molecule has 1 unspecified atom stereocenters. The van der Waals surface area contributed by atoms with Crippen LogP contribution in [-0.2, 0) is 9.59 Å². The molecule has 5 nitrogen and oxygen atoms in total. The van der Waals surface area contributed by atoms with Crippen LogP contribution in [0.4, 0.5) is 0 Å². The van der Waals surface area contributed by atoms with Crippen LogP contribution in [0.15, 0.2) is 0 Å². The highest BCUT2D eigenvalue weighted by Crippen LogP contribution is 2.01. The van der Waals surface area contributed by atoms with E-state index in [0.29, 0.717) is 6.42 Å². The van der Waals surface area contributed by atoms with Crippen LogP contribution in [0, 0.1) is 0 Å². The fourth-order valence-electron chi connectivity index (χ4n) is 0.857. The van der Waals surface area contributed by atoms with E-state index in [2.05, 4.69) is 5.32 Å². The Kier molecular flexibility index (Phi) is 5.03. The highest BCUT2D eigenvalue weighted by Gasteiger charge is 2.11. The van der Waals surface area contributed by atoms with E-state index in [9.17, 15) is 9.59 Å². The van der Waals surface area contributed by atoms with Crippen molar-refractivity contribution in [1.29, 1.82) is 0 Å². The van der Waals surface area contributed by atoms with Crippen LogP contribution in [0.1, 0.15) is 19.3 Å². The second kappa shape index (κ2) is 5.54. The summed E-state index contributed by atoms with van der Waals surface area (Å²) in [6.07, 6.45) is 0.306. The highest BCUT2D eigenvalue weighted by molar-refractivity contribution is 5.68. The molecule has 1 atom stereocenters. The lowest BCUT2D eigenvalue weighted by Crippen LogP contribution is -2.28. The Balaban J connectivity index is 3.67. The second-order valence-corrected chi connectivity index (χ2v) is 2.52. The molecule has 3 N–H and O–H groups in total. The van der Waals surface area contributed by atoms with Gasteiger partial charge in [-0.15, -0.1) is 0 Å². The van der Waals surface area contributed by atoms with Gasteiger partial charge in [0, 0.05) is 12.5 Å². The smallest absolute Gasteiger partial charge is 0.304 e. The largest absolute Gasteiger partial charge is 0.481 e. The number of hydrogen-bond donors (Lipinski definition) is 3. The topological polar surface area (TPSA) is 86.6 Å². The maximum absolute atomic E-state index is 10.2. The molecule has 0 saturated heterocycles. The number of hydrogen-bond acceptors (Lipinski definition) is 3. The van der Waals surface area contributed by atoms with Gasteiger partial charge < -0.3 is 15.5 Å². The lowest BCUT2D eigenvalue weighted by Gasteiger charge is -2.11. The minimum absolute atomic E-state index is 0.00120. The van der Waals surface area contributed by atoms with Crippen molar-refractivity contribution >= 4 is 11.9 Å². The SMILES string of the molecule is CNC(CCC(=O)O)CC(=O)O. The fourth-order valence-corrected chi connectivity index (χ4v) is 0.857. The molecule has 5 heteroatoms. The van der Waals surface area contributed by atoms with Crippen LogP contribution in [0.3, 0.4) is 0 Å². The van der Waals surface area contributed by atoms with Gasteiger partial charge in [-0.05, 0) is 13.5 Å². The number of carboxylic acid groups (broad SMARTS) is 2. The molecule has 0 heterocycles. The van der Waals surface area contributed by atoms with Crippen molar-refractivity contribution in [3.63, 3.8) is 0 Å². The quantitative estimate of drug-likeness (QED) is 0.525. The molecular formula is C7H13NO4. The molecule has 0 aliphatic carbocycles. The van der Waals surface area contributed by atoms with E-state index in [0.717, 1.165) is 0 Å². The zero-order chi connectivity index (χ0) is 9.56. The van der Waals surface area contributed by atoms with Gasteiger partial charge in [0.2, 0.25) is 0 Å². The van der Waals surface area contributed by atoms with E-state index in [1.165, 1.54) is 0 Å². The van der Waals surface area contributed by atoms with Crippen molar-refractivity contribution in [2.24, 2.45) is 0 Å². The van der Waals surface area contributed by atoms with Gasteiger partial charge in [0.1, 0.15) is 0 Å². The number of nitrogens with one attached hydrogen (secondary N) is 1. The lowest BCUT2D eigenvalue weighted by atomic mass is 10.1. The van der Waals surface area contributed by atoms with Crippen molar-refractivity contribution in [2.75, 3.05) is 7.05 Å². The third-order valence-corrected chi connectivity index (χ3v) is 1.54. The van der Waals surface area contributed by atoms with E-state index in [4.69, 9.17) is 10.2 Å². The number of carbonyl (C=O) groups is 2. The second-order valence-electron chi connectivity index (χ2n) is 2.52. The van der Waals surface area contributed by atoms with Gasteiger partial charge in [-0.1, -0.05) is 0 Å². The lowest BCUT2D eigenvalue weighted by molar-refractivity contribution is -0.139. The van der Waals surface area contributed by atoms with Crippen molar-refractivity contribution in [2.45, 2.75) is 25.3 Å². The van der Waals surface area contributed by atoms with Gasteiger partial charge in [0.25, 0.3) is 0 Å². The Labute approximate surface area is 70.4 Å². The average molecular weight is 175 g/mol. The summed E-state index contributed by atoms with van der Waals surface area (Å²) in [5.74, 6) is -1.82. The molecule has 0 saturated carbocycles. The minimum Gasteiger partial charge on any atom is -0.481 e. The van der Waals surface area contributed by atoms with Crippen LogP contribution in [0.5, 0.6) is 0 Å². The van der Waals surface area contributed by atoms with Crippen LogP contribution in [0.2, 0.25) is 0 Å². The molecule has 0 amide bonds. The van der Waals surface area contributed by atoms with Gasteiger partial charge in [0.15, 0.2) is 0 Å². The van der Waals surface area contributed by atoms with Gasteiger partial charge >= 0.3 is 11.9 Å². The summed E-state index contributed by atoms with van der Waals surface area (Å²) in [5, 5.41) is 19.5. The molecule has 0 fully saturated rings. The van der Waals surface area contributed by atoms with E-state index in [1.54, 1.807) is 7.05 Å². The predicted molar refractivity (Wildman–Crippen MR) is 42.0 cm³/mol. The first-order valence-electron chi connectivity index (χ1n) is 3.67. The molecule has 0 bridgehead atoms. The fraction of sp³-hybridized carbons (Fsp3) is 0.714. The predicted octanol–water partition coefficient (Wildman–Crippen LogP) is -0.0861. The van der Waals surface area contributed by atoms with E-state index in [1.807, 2.05) is 0 Å². The van der Waals surface area contributed by atoms with Crippen LogP contribution in [0.25, 0.3) is 0 Å². The average Bonchev–Trinajstić information content (AvgIpc) is 1.97. The molecule has 0 aromatic heterocycles. The first-order valence-corrected chi connectivity index (χ1v) is 3.67. The first-order chi connectivity index (χ1) is 5.56. The Hall–Kier alpha value is -1.10. The third kappa shape index (κ3) is 5.67. The molecule has 12 heavy (non-hydrogen) atoms. The Bertz CT molecular complexity index is 169. The van der Waals surface area contributed by atoms with E-state index < -0.39 is 11.9 Å². The van der Waals surface area contributed by atoms with Crippen LogP contribution < -0.4 is 5.32 Å². The maximum Gasteiger partial charge on any atom is 0.304 e. The normalized spacial score (nSPS) is 12.4. The molecule has 0 aliphatic rings. The van der Waals surface area contributed by atoms with Gasteiger partial charge in [-0.3, -0.25) is 9.59 Å². The third-order valence-electron chi connectivity index (χ3n) is 1.54. The summed E-state index contributed by atoms with van der Waals surface area (Å²) < 4.78 is 0. The molecule has 0 spiro atoms. The summed E-state index contributed by atoms with van der Waals surface area (Å²) in [6.45, 7) is 0. The van der Waals surface area contributed by atoms with Crippen molar-refractivity contribution in [1.82, 2.24) is 5.32 Å². The molecule has 0 radical (unpaired) electrons. The zero-order valence-corrected chi connectivity index (χ0v) is 6.91.